The summed E-state index contributed by atoms with van der Waals surface area (Å²) in [5.74, 6) is 1.09. The maximum absolute atomic E-state index is 12.3. The number of hydrogen-bond acceptors (Lipinski definition) is 6. The van der Waals surface area contributed by atoms with E-state index in [2.05, 4.69) is 41.3 Å². The number of nitrogens with one attached hydrogen (secondary N) is 1. The van der Waals surface area contributed by atoms with Crippen LogP contribution in [0.1, 0.15) is 60.8 Å². The molecule has 1 aromatic heterocycles. The Hall–Kier alpha value is -2.63. The van der Waals surface area contributed by atoms with Crippen LogP contribution in [0.4, 0.5) is 5.82 Å². The van der Waals surface area contributed by atoms with Crippen molar-refractivity contribution in [2.45, 2.75) is 53.4 Å². The lowest BCUT2D eigenvalue weighted by Gasteiger charge is -2.13. The van der Waals surface area contributed by atoms with Crippen LogP contribution >= 0.6 is 0 Å². The number of aromatic nitrogens is 2. The lowest BCUT2D eigenvalue weighted by atomic mass is 10.1. The molecule has 6 nitrogen and oxygen atoms in total. The molecule has 1 heterocycles. The Morgan fingerprint density at radius 3 is 2.68 bits per heavy atom. The first-order valence-corrected chi connectivity index (χ1v) is 10.1. The Bertz CT molecular complexity index is 778. The summed E-state index contributed by atoms with van der Waals surface area (Å²) in [6.07, 6.45) is 5.12. The number of esters is 1. The van der Waals surface area contributed by atoms with Crippen LogP contribution in [0.2, 0.25) is 0 Å². The average Bonchev–Trinajstić information content (AvgIpc) is 2.69. The number of nitrogens with zero attached hydrogens (tertiary/aromatic N) is 2. The fraction of sp³-hybridized carbons (Fsp3) is 0.500. The first-order chi connectivity index (χ1) is 13.6. The predicted molar refractivity (Wildman–Crippen MR) is 111 cm³/mol. The molecule has 1 aromatic carbocycles. The molecule has 0 fully saturated rings. The van der Waals surface area contributed by atoms with E-state index < -0.39 is 0 Å². The van der Waals surface area contributed by atoms with Crippen molar-refractivity contribution in [2.24, 2.45) is 0 Å². The van der Waals surface area contributed by atoms with E-state index in [1.807, 2.05) is 13.0 Å². The van der Waals surface area contributed by atoms with Gasteiger partial charge in [0.15, 0.2) is 0 Å². The quantitative estimate of drug-likeness (QED) is 0.458. The molecule has 0 aliphatic heterocycles. The third kappa shape index (κ3) is 5.94. The highest BCUT2D eigenvalue weighted by Crippen LogP contribution is 2.21. The molecule has 0 atom stereocenters. The second-order valence-corrected chi connectivity index (χ2v) is 6.60. The molecule has 0 aliphatic carbocycles. The maximum Gasteiger partial charge on any atom is 0.343 e. The minimum atomic E-state index is -0.383. The molecule has 0 bridgehead atoms. The highest BCUT2D eigenvalue weighted by Gasteiger charge is 2.19. The van der Waals surface area contributed by atoms with Crippen molar-refractivity contribution in [3.63, 3.8) is 0 Å². The van der Waals surface area contributed by atoms with Crippen molar-refractivity contribution in [3.05, 3.63) is 46.9 Å². The smallest absolute Gasteiger partial charge is 0.343 e. The van der Waals surface area contributed by atoms with E-state index in [0.717, 1.165) is 37.2 Å². The van der Waals surface area contributed by atoms with E-state index in [0.29, 0.717) is 36.6 Å². The van der Waals surface area contributed by atoms with Gasteiger partial charge in [-0.2, -0.15) is 0 Å². The van der Waals surface area contributed by atoms with Gasteiger partial charge in [-0.25, -0.2) is 14.8 Å². The number of aryl methyl sites for hydroxylation is 2. The second-order valence-electron chi connectivity index (χ2n) is 6.60. The summed E-state index contributed by atoms with van der Waals surface area (Å²) in [4.78, 5) is 20.8. The van der Waals surface area contributed by atoms with Crippen LogP contribution in [0.15, 0.2) is 24.5 Å². The van der Waals surface area contributed by atoms with Crippen LogP contribution in [0.3, 0.4) is 0 Å². The molecule has 0 radical (unpaired) electrons. The Labute approximate surface area is 167 Å². The van der Waals surface area contributed by atoms with Gasteiger partial charge in [-0.1, -0.05) is 32.4 Å². The molecule has 152 valence electrons. The molecule has 2 aromatic rings. The van der Waals surface area contributed by atoms with E-state index in [1.165, 1.54) is 11.9 Å². The van der Waals surface area contributed by atoms with Gasteiger partial charge in [0.1, 0.15) is 23.5 Å². The zero-order valence-corrected chi connectivity index (χ0v) is 17.4. The van der Waals surface area contributed by atoms with Crippen LogP contribution in [0.25, 0.3) is 0 Å². The van der Waals surface area contributed by atoms with Gasteiger partial charge in [0.25, 0.3) is 0 Å². The molecule has 0 saturated carbocycles. The third-order valence-corrected chi connectivity index (χ3v) is 4.44. The molecular formula is C22H31N3O3. The van der Waals surface area contributed by atoms with Gasteiger partial charge in [0.2, 0.25) is 0 Å². The van der Waals surface area contributed by atoms with Crippen molar-refractivity contribution < 1.29 is 14.3 Å². The minimum absolute atomic E-state index is 0.322. The first kappa shape index (κ1) is 21.7. The fourth-order valence-corrected chi connectivity index (χ4v) is 2.92. The number of anilines is 1. The van der Waals surface area contributed by atoms with Gasteiger partial charge in [0, 0.05) is 6.54 Å². The normalized spacial score (nSPS) is 10.6. The molecular weight excluding hydrogens is 354 g/mol. The van der Waals surface area contributed by atoms with Gasteiger partial charge >= 0.3 is 5.97 Å². The van der Waals surface area contributed by atoms with Crippen molar-refractivity contribution in [1.29, 1.82) is 0 Å². The van der Waals surface area contributed by atoms with Crippen molar-refractivity contribution >= 4 is 11.8 Å². The highest BCUT2D eigenvalue weighted by atomic mass is 16.5. The number of unbranched alkanes of at least 4 members (excludes halogenated alkanes) is 1. The summed E-state index contributed by atoms with van der Waals surface area (Å²) in [6, 6.07) is 6.26. The Morgan fingerprint density at radius 1 is 1.18 bits per heavy atom. The molecule has 0 saturated heterocycles. The molecule has 2 rings (SSSR count). The summed E-state index contributed by atoms with van der Waals surface area (Å²) < 4.78 is 11.0. The maximum atomic E-state index is 12.3. The number of carbonyl (C=O) groups excluding carboxylic acids is 1. The molecule has 0 aliphatic rings. The average molecular weight is 386 g/mol. The summed E-state index contributed by atoms with van der Waals surface area (Å²) in [7, 11) is 0. The first-order valence-electron chi connectivity index (χ1n) is 10.1. The number of benzene rings is 1. The van der Waals surface area contributed by atoms with Crippen LogP contribution in [-0.2, 0) is 17.6 Å². The van der Waals surface area contributed by atoms with E-state index in [9.17, 15) is 4.79 Å². The van der Waals surface area contributed by atoms with Gasteiger partial charge in [-0.15, -0.1) is 0 Å². The van der Waals surface area contributed by atoms with E-state index in [4.69, 9.17) is 9.47 Å². The van der Waals surface area contributed by atoms with E-state index in [1.54, 1.807) is 6.92 Å². The summed E-state index contributed by atoms with van der Waals surface area (Å²) in [5, 5.41) is 3.27. The number of rotatable bonds is 11. The van der Waals surface area contributed by atoms with E-state index in [-0.39, 0.29) is 5.97 Å². The van der Waals surface area contributed by atoms with Gasteiger partial charge in [-0.05, 0) is 50.3 Å². The summed E-state index contributed by atoms with van der Waals surface area (Å²) in [6.45, 7) is 9.70. The third-order valence-electron chi connectivity index (χ3n) is 4.44. The summed E-state index contributed by atoms with van der Waals surface area (Å²) in [5.41, 5.74) is 3.47. The topological polar surface area (TPSA) is 73.3 Å². The van der Waals surface area contributed by atoms with Gasteiger partial charge in [0.05, 0.1) is 18.9 Å². The Kier molecular flexibility index (Phi) is 8.72. The highest BCUT2D eigenvalue weighted by molar-refractivity contribution is 5.95. The zero-order valence-electron chi connectivity index (χ0n) is 17.4. The van der Waals surface area contributed by atoms with Crippen molar-refractivity contribution in [2.75, 3.05) is 25.1 Å². The van der Waals surface area contributed by atoms with Crippen molar-refractivity contribution in [1.82, 2.24) is 9.97 Å². The SMILES string of the molecule is CCCCOc1ccc(CCNc2ncnc(CC)c2C(=O)OCC)cc1C. The molecule has 0 spiro atoms. The molecule has 0 unspecified atom stereocenters. The largest absolute Gasteiger partial charge is 0.493 e. The van der Waals surface area contributed by atoms with Crippen LogP contribution in [0, 0.1) is 6.92 Å². The second kappa shape index (κ2) is 11.3. The van der Waals surface area contributed by atoms with Crippen molar-refractivity contribution in [3.8, 4) is 5.75 Å². The fourth-order valence-electron chi connectivity index (χ4n) is 2.92. The standard InChI is InChI=1S/C22H31N3O3/c1-5-8-13-28-19-10-9-17(14-16(19)4)11-12-23-21-20(22(26)27-7-3)18(6-2)24-15-25-21/h9-10,14-15H,5-8,11-13H2,1-4H3,(H,23,24,25). The van der Waals surface area contributed by atoms with E-state index >= 15 is 0 Å². The lowest BCUT2D eigenvalue weighted by Crippen LogP contribution is -2.16. The van der Waals surface area contributed by atoms with Gasteiger partial charge < -0.3 is 14.8 Å². The minimum Gasteiger partial charge on any atom is -0.493 e. The molecule has 0 amide bonds. The van der Waals surface area contributed by atoms with Crippen LogP contribution in [-0.4, -0.2) is 35.7 Å². The molecule has 1 N–H and O–H groups in total. The predicted octanol–water partition coefficient (Wildman–Crippen LogP) is 4.36. The number of ether oxygens (including phenoxy) is 2. The summed E-state index contributed by atoms with van der Waals surface area (Å²) >= 11 is 0. The van der Waals surface area contributed by atoms with Crippen LogP contribution < -0.4 is 10.1 Å². The lowest BCUT2D eigenvalue weighted by molar-refractivity contribution is 0.0525. The number of carbonyl (C=O) groups is 1. The Balaban J connectivity index is 2.01. The Morgan fingerprint density at radius 2 is 2.00 bits per heavy atom. The molecule has 28 heavy (non-hydrogen) atoms. The zero-order chi connectivity index (χ0) is 20.4. The molecule has 6 heteroatoms. The number of hydrogen-bond donors (Lipinski definition) is 1. The van der Waals surface area contributed by atoms with Crippen LogP contribution in [0.5, 0.6) is 5.75 Å². The van der Waals surface area contributed by atoms with Gasteiger partial charge in [-0.3, -0.25) is 0 Å². The monoisotopic (exact) mass is 385 g/mol.